The molecule has 8 nitrogen and oxygen atoms in total. The number of carbonyl (C=O) groups excluding carboxylic acids is 1. The maximum absolute atomic E-state index is 11.7. The van der Waals surface area contributed by atoms with E-state index in [1.165, 1.54) is 4.90 Å². The molecule has 1 saturated heterocycles. The minimum atomic E-state index is -0.889. The van der Waals surface area contributed by atoms with Crippen LogP contribution in [0.3, 0.4) is 0 Å². The van der Waals surface area contributed by atoms with Crippen LogP contribution in [0.1, 0.15) is 23.9 Å². The topological polar surface area (TPSA) is 101 Å². The number of fused-ring (bicyclic) bond motifs is 1. The monoisotopic (exact) mass is 362 g/mol. The minimum absolute atomic E-state index is 0.0768. The summed E-state index contributed by atoms with van der Waals surface area (Å²) < 4.78 is 16.2. The zero-order valence-electron chi connectivity index (χ0n) is 14.6. The van der Waals surface area contributed by atoms with Gasteiger partial charge >= 0.3 is 12.1 Å². The van der Waals surface area contributed by atoms with Gasteiger partial charge in [-0.15, -0.1) is 0 Å². The lowest BCUT2D eigenvalue weighted by Crippen LogP contribution is -2.52. The van der Waals surface area contributed by atoms with Crippen molar-refractivity contribution < 1.29 is 28.6 Å². The number of ether oxygens (including phenoxy) is 2. The molecule has 3 rings (SSSR count). The van der Waals surface area contributed by atoms with Crippen LogP contribution in [0.4, 0.5) is 4.79 Å². The van der Waals surface area contributed by atoms with E-state index >= 15 is 0 Å². The molecule has 2 N–H and O–H groups in total. The summed E-state index contributed by atoms with van der Waals surface area (Å²) in [5.41, 5.74) is 0.589. The molecule has 0 aliphatic carbocycles. The lowest BCUT2D eigenvalue weighted by Gasteiger charge is -2.31. The molecule has 1 aliphatic rings. The Hall–Kier alpha value is -2.74. The van der Waals surface area contributed by atoms with Crippen LogP contribution in [0.15, 0.2) is 28.7 Å². The first-order valence-electron chi connectivity index (χ1n) is 8.61. The Labute approximate surface area is 150 Å². The molecule has 0 spiro atoms. The molecule has 1 aliphatic heterocycles. The van der Waals surface area contributed by atoms with Gasteiger partial charge in [0.1, 0.15) is 11.3 Å². The van der Waals surface area contributed by atoms with E-state index in [1.807, 2.05) is 0 Å². The van der Waals surface area contributed by atoms with Gasteiger partial charge in [-0.25, -0.2) is 9.59 Å². The van der Waals surface area contributed by atoms with Crippen molar-refractivity contribution in [3.05, 3.63) is 30.0 Å². The SMILES string of the molecule is CCOC(=O)c1cc2cc(OCC[C@@H]3CN(C(=O)O)CCN3)ccc2o1. The highest BCUT2D eigenvalue weighted by Crippen LogP contribution is 2.25. The van der Waals surface area contributed by atoms with E-state index in [0.29, 0.717) is 50.6 Å². The smallest absolute Gasteiger partial charge is 0.407 e. The molecule has 0 unspecified atom stereocenters. The second-order valence-electron chi connectivity index (χ2n) is 6.05. The second-order valence-corrected chi connectivity index (χ2v) is 6.05. The van der Waals surface area contributed by atoms with Crippen LogP contribution in [0, 0.1) is 0 Å². The van der Waals surface area contributed by atoms with Gasteiger partial charge in [0, 0.05) is 31.1 Å². The molecule has 2 aromatic rings. The summed E-state index contributed by atoms with van der Waals surface area (Å²) in [6, 6.07) is 7.04. The Bertz CT molecular complexity index is 787. The van der Waals surface area contributed by atoms with E-state index in [2.05, 4.69) is 5.32 Å². The fourth-order valence-corrected chi connectivity index (χ4v) is 2.93. The van der Waals surface area contributed by atoms with Crippen molar-refractivity contribution in [1.82, 2.24) is 10.2 Å². The van der Waals surface area contributed by atoms with Crippen molar-refractivity contribution in [3.8, 4) is 5.75 Å². The van der Waals surface area contributed by atoms with E-state index in [4.69, 9.17) is 19.0 Å². The Morgan fingerprint density at radius 1 is 1.38 bits per heavy atom. The summed E-state index contributed by atoms with van der Waals surface area (Å²) >= 11 is 0. The number of benzene rings is 1. The lowest BCUT2D eigenvalue weighted by molar-refractivity contribution is 0.0492. The molecule has 1 fully saturated rings. The van der Waals surface area contributed by atoms with Crippen molar-refractivity contribution >= 4 is 23.0 Å². The molecule has 26 heavy (non-hydrogen) atoms. The second kappa shape index (κ2) is 8.09. The number of nitrogens with one attached hydrogen (secondary N) is 1. The van der Waals surface area contributed by atoms with E-state index < -0.39 is 12.1 Å². The Balaban J connectivity index is 1.55. The predicted octanol–water partition coefficient (Wildman–Crippen LogP) is 2.33. The summed E-state index contributed by atoms with van der Waals surface area (Å²) in [7, 11) is 0. The highest BCUT2D eigenvalue weighted by molar-refractivity contribution is 5.92. The summed E-state index contributed by atoms with van der Waals surface area (Å²) in [6.07, 6.45) is -0.193. The van der Waals surface area contributed by atoms with Crippen LogP contribution in [0.2, 0.25) is 0 Å². The first kappa shape index (κ1) is 18.1. The highest BCUT2D eigenvalue weighted by atomic mass is 16.5. The number of esters is 1. The van der Waals surface area contributed by atoms with Gasteiger partial charge in [0.25, 0.3) is 0 Å². The van der Waals surface area contributed by atoms with Crippen LogP contribution in [-0.2, 0) is 4.74 Å². The zero-order valence-corrected chi connectivity index (χ0v) is 14.6. The molecule has 8 heteroatoms. The van der Waals surface area contributed by atoms with Crippen molar-refractivity contribution in [1.29, 1.82) is 0 Å². The fraction of sp³-hybridized carbons (Fsp3) is 0.444. The lowest BCUT2D eigenvalue weighted by atomic mass is 10.1. The van der Waals surface area contributed by atoms with Crippen molar-refractivity contribution in [3.63, 3.8) is 0 Å². The van der Waals surface area contributed by atoms with Crippen molar-refractivity contribution in [2.24, 2.45) is 0 Å². The maximum Gasteiger partial charge on any atom is 0.407 e. The van der Waals surface area contributed by atoms with E-state index in [-0.39, 0.29) is 11.8 Å². The molecular weight excluding hydrogens is 340 g/mol. The van der Waals surface area contributed by atoms with Crippen molar-refractivity contribution in [2.75, 3.05) is 32.8 Å². The van der Waals surface area contributed by atoms with Gasteiger partial charge in [0.15, 0.2) is 0 Å². The molecule has 1 aromatic carbocycles. The van der Waals surface area contributed by atoms with Gasteiger partial charge in [-0.05, 0) is 37.6 Å². The molecule has 2 heterocycles. The number of hydrogen-bond acceptors (Lipinski definition) is 6. The maximum atomic E-state index is 11.7. The molecule has 1 amide bonds. The number of rotatable bonds is 6. The number of nitrogens with zero attached hydrogens (tertiary/aromatic N) is 1. The van der Waals surface area contributed by atoms with E-state index in [0.717, 1.165) is 5.39 Å². The third-order valence-corrected chi connectivity index (χ3v) is 4.23. The standard InChI is InChI=1S/C18H22N2O6/c1-2-24-17(21)16-10-12-9-14(3-4-15(12)26-16)25-8-5-13-11-20(18(22)23)7-6-19-13/h3-4,9-10,13,19H,2,5-8,11H2,1H3,(H,22,23)/t13-/m1/s1. The first-order chi connectivity index (χ1) is 12.6. The molecule has 0 saturated carbocycles. The Morgan fingerprint density at radius 2 is 2.23 bits per heavy atom. The van der Waals surface area contributed by atoms with Crippen LogP contribution < -0.4 is 10.1 Å². The van der Waals surface area contributed by atoms with Gasteiger partial charge in [-0.1, -0.05) is 0 Å². The normalized spacial score (nSPS) is 17.3. The largest absolute Gasteiger partial charge is 0.494 e. The Kier molecular flexibility index (Phi) is 5.62. The van der Waals surface area contributed by atoms with E-state index in [1.54, 1.807) is 31.2 Å². The van der Waals surface area contributed by atoms with Gasteiger partial charge in [-0.2, -0.15) is 0 Å². The predicted molar refractivity (Wildman–Crippen MR) is 93.7 cm³/mol. The van der Waals surface area contributed by atoms with Crippen LogP contribution in [0.5, 0.6) is 5.75 Å². The van der Waals surface area contributed by atoms with Crippen LogP contribution in [-0.4, -0.2) is 61.0 Å². The van der Waals surface area contributed by atoms with Gasteiger partial charge in [-0.3, -0.25) is 0 Å². The number of carboxylic acid groups (broad SMARTS) is 1. The molecule has 140 valence electrons. The first-order valence-corrected chi connectivity index (χ1v) is 8.61. The third-order valence-electron chi connectivity index (χ3n) is 4.23. The molecule has 1 aromatic heterocycles. The molecular formula is C18H22N2O6. The number of carbonyl (C=O) groups is 2. The third kappa shape index (κ3) is 4.26. The highest BCUT2D eigenvalue weighted by Gasteiger charge is 2.22. The van der Waals surface area contributed by atoms with Crippen LogP contribution >= 0.6 is 0 Å². The molecule has 0 radical (unpaired) electrons. The summed E-state index contributed by atoms with van der Waals surface area (Å²) in [4.78, 5) is 24.2. The molecule has 1 atom stereocenters. The van der Waals surface area contributed by atoms with Gasteiger partial charge < -0.3 is 29.2 Å². The average molecular weight is 362 g/mol. The number of piperazine rings is 1. The Morgan fingerprint density at radius 3 is 3.00 bits per heavy atom. The minimum Gasteiger partial charge on any atom is -0.494 e. The number of furan rings is 1. The average Bonchev–Trinajstić information content (AvgIpc) is 3.06. The number of hydrogen-bond donors (Lipinski definition) is 2. The zero-order chi connectivity index (χ0) is 18.5. The summed E-state index contributed by atoms with van der Waals surface area (Å²) in [5.74, 6) is 0.344. The molecule has 0 bridgehead atoms. The van der Waals surface area contributed by atoms with Gasteiger partial charge in [0.05, 0.1) is 13.2 Å². The van der Waals surface area contributed by atoms with Crippen LogP contribution in [0.25, 0.3) is 11.0 Å². The van der Waals surface area contributed by atoms with Crippen molar-refractivity contribution in [2.45, 2.75) is 19.4 Å². The quantitative estimate of drug-likeness (QED) is 0.761. The summed E-state index contributed by atoms with van der Waals surface area (Å²) in [5, 5.41) is 13.1. The number of amides is 1. The fourth-order valence-electron chi connectivity index (χ4n) is 2.93. The summed E-state index contributed by atoms with van der Waals surface area (Å²) in [6.45, 7) is 4.10. The van der Waals surface area contributed by atoms with Gasteiger partial charge in [0.2, 0.25) is 5.76 Å². The van der Waals surface area contributed by atoms with E-state index in [9.17, 15) is 9.59 Å².